The molecule has 22 heavy (non-hydrogen) atoms. The predicted octanol–water partition coefficient (Wildman–Crippen LogP) is 3.02. The van der Waals surface area contributed by atoms with Crippen LogP contribution in [0.4, 0.5) is 0 Å². The van der Waals surface area contributed by atoms with Crippen LogP contribution >= 0.6 is 0 Å². The summed E-state index contributed by atoms with van der Waals surface area (Å²) in [6.07, 6.45) is 10.4. The minimum atomic E-state index is 0.0181. The second-order valence-corrected chi connectivity index (χ2v) is 6.72. The Balaban J connectivity index is 1.96. The normalized spacial score (nSPS) is 23.0. The van der Waals surface area contributed by atoms with Crippen LogP contribution in [-0.2, 0) is 0 Å². The zero-order valence-corrected chi connectivity index (χ0v) is 13.6. The molecule has 1 aliphatic heterocycles. The van der Waals surface area contributed by atoms with Crippen LogP contribution in [0.1, 0.15) is 50.5 Å². The molecule has 1 aliphatic rings. The van der Waals surface area contributed by atoms with E-state index in [1.54, 1.807) is 12.4 Å². The van der Waals surface area contributed by atoms with E-state index < -0.39 is 0 Å². The fourth-order valence-electron chi connectivity index (χ4n) is 3.37. The van der Waals surface area contributed by atoms with Gasteiger partial charge in [0.15, 0.2) is 11.3 Å². The smallest absolute Gasteiger partial charge is 0.276 e. The molecule has 1 amide bonds. The second-order valence-electron chi connectivity index (χ2n) is 6.72. The highest BCUT2D eigenvalue weighted by molar-refractivity contribution is 5.98. The van der Waals surface area contributed by atoms with Gasteiger partial charge in [-0.2, -0.15) is 0 Å². The van der Waals surface area contributed by atoms with Crippen molar-refractivity contribution in [2.45, 2.75) is 46.1 Å². The molecule has 1 saturated heterocycles. The van der Waals surface area contributed by atoms with Crippen LogP contribution in [0.15, 0.2) is 24.8 Å². The van der Waals surface area contributed by atoms with Crippen LogP contribution in [0, 0.1) is 11.8 Å². The van der Waals surface area contributed by atoms with Crippen LogP contribution in [0.2, 0.25) is 0 Å². The molecule has 0 aromatic carbocycles. The summed E-state index contributed by atoms with van der Waals surface area (Å²) in [5, 5.41) is 0. The monoisotopic (exact) mass is 300 g/mol. The van der Waals surface area contributed by atoms with Gasteiger partial charge >= 0.3 is 0 Å². The van der Waals surface area contributed by atoms with Crippen molar-refractivity contribution in [3.05, 3.63) is 30.5 Å². The highest BCUT2D eigenvalue weighted by Gasteiger charge is 2.31. The summed E-state index contributed by atoms with van der Waals surface area (Å²) in [5.41, 5.74) is 1.11. The van der Waals surface area contributed by atoms with Crippen molar-refractivity contribution >= 4 is 11.6 Å². The molecule has 0 aliphatic carbocycles. The third-order valence-corrected chi connectivity index (χ3v) is 4.76. The number of likely N-dealkylation sites (tertiary alicyclic amines) is 1. The molecule has 2 aromatic rings. The van der Waals surface area contributed by atoms with E-state index in [9.17, 15) is 4.79 Å². The van der Waals surface area contributed by atoms with Gasteiger partial charge in [-0.1, -0.05) is 20.8 Å². The first-order valence-electron chi connectivity index (χ1n) is 8.16. The van der Waals surface area contributed by atoms with E-state index in [2.05, 4.69) is 30.7 Å². The number of aromatic nitrogens is 3. The van der Waals surface area contributed by atoms with Crippen LogP contribution in [0.25, 0.3) is 5.65 Å². The lowest BCUT2D eigenvalue weighted by Gasteiger charge is -2.32. The Bertz CT molecular complexity index is 663. The molecule has 3 heterocycles. The van der Waals surface area contributed by atoms with Crippen molar-refractivity contribution in [3.8, 4) is 0 Å². The van der Waals surface area contributed by atoms with Crippen LogP contribution in [0.3, 0.4) is 0 Å². The number of amides is 1. The lowest BCUT2D eigenvalue weighted by atomic mass is 9.95. The maximum Gasteiger partial charge on any atom is 0.276 e. The van der Waals surface area contributed by atoms with Gasteiger partial charge in [0, 0.05) is 37.4 Å². The molecule has 0 saturated carbocycles. The minimum absolute atomic E-state index is 0.0181. The van der Waals surface area contributed by atoms with Crippen LogP contribution in [0.5, 0.6) is 0 Å². The van der Waals surface area contributed by atoms with Gasteiger partial charge in [-0.25, -0.2) is 9.97 Å². The number of fused-ring (bicyclic) bond motifs is 1. The van der Waals surface area contributed by atoms with Gasteiger partial charge in [0.25, 0.3) is 5.91 Å². The summed E-state index contributed by atoms with van der Waals surface area (Å²) >= 11 is 0. The molecule has 5 nitrogen and oxygen atoms in total. The lowest BCUT2D eigenvalue weighted by molar-refractivity contribution is 0.0626. The zero-order chi connectivity index (χ0) is 15.7. The molecule has 2 aromatic heterocycles. The van der Waals surface area contributed by atoms with E-state index >= 15 is 0 Å². The van der Waals surface area contributed by atoms with Crippen molar-refractivity contribution in [1.29, 1.82) is 0 Å². The molecule has 0 N–H and O–H groups in total. The summed E-state index contributed by atoms with van der Waals surface area (Å²) in [5.74, 6) is 1.15. The molecule has 1 fully saturated rings. The summed E-state index contributed by atoms with van der Waals surface area (Å²) < 4.78 is 1.85. The van der Waals surface area contributed by atoms with Gasteiger partial charge in [0.05, 0.1) is 0 Å². The largest absolute Gasteiger partial charge is 0.334 e. The molecule has 0 spiro atoms. The number of imidazole rings is 1. The Labute approximate surface area is 131 Å². The maximum absolute atomic E-state index is 13.1. The summed E-state index contributed by atoms with van der Waals surface area (Å²) in [6, 6.07) is 0.287. The molecule has 3 rings (SSSR count). The molecule has 0 unspecified atom stereocenters. The van der Waals surface area contributed by atoms with Crippen molar-refractivity contribution in [2.24, 2.45) is 11.8 Å². The molecular formula is C17H24N4O. The molecule has 0 bridgehead atoms. The maximum atomic E-state index is 13.1. The van der Waals surface area contributed by atoms with E-state index in [1.807, 2.05) is 21.7 Å². The fourth-order valence-corrected chi connectivity index (χ4v) is 3.37. The van der Waals surface area contributed by atoms with Crippen LogP contribution < -0.4 is 0 Å². The van der Waals surface area contributed by atoms with Crippen molar-refractivity contribution in [3.63, 3.8) is 0 Å². The molecule has 0 radical (unpaired) electrons. The topological polar surface area (TPSA) is 50.5 Å². The number of rotatable bonds is 2. The minimum Gasteiger partial charge on any atom is -0.334 e. The Morgan fingerprint density at radius 1 is 1.18 bits per heavy atom. The highest BCUT2D eigenvalue weighted by atomic mass is 16.2. The third kappa shape index (κ3) is 2.72. The van der Waals surface area contributed by atoms with E-state index in [4.69, 9.17) is 0 Å². The predicted molar refractivity (Wildman–Crippen MR) is 85.7 cm³/mol. The third-order valence-electron chi connectivity index (χ3n) is 4.76. The van der Waals surface area contributed by atoms with E-state index in [0.717, 1.165) is 19.4 Å². The average molecular weight is 300 g/mol. The number of hydrogen-bond acceptors (Lipinski definition) is 3. The Hall–Kier alpha value is -1.91. The summed E-state index contributed by atoms with van der Waals surface area (Å²) in [6.45, 7) is 7.49. The molecular weight excluding hydrogens is 276 g/mol. The van der Waals surface area contributed by atoms with E-state index in [1.165, 1.54) is 6.42 Å². The van der Waals surface area contributed by atoms with Crippen molar-refractivity contribution in [2.75, 3.05) is 6.54 Å². The lowest BCUT2D eigenvalue weighted by Crippen LogP contribution is -2.43. The number of hydrogen-bond donors (Lipinski definition) is 0. The Morgan fingerprint density at radius 2 is 1.91 bits per heavy atom. The SMILES string of the molecule is CC(C)[C@@H]1CC[C@@H](C)CCN1C(=O)c1nccn2ccnc12. The number of nitrogens with zero attached hydrogens (tertiary/aromatic N) is 4. The van der Waals surface area contributed by atoms with Crippen molar-refractivity contribution < 1.29 is 4.79 Å². The number of carbonyl (C=O) groups is 1. The highest BCUT2D eigenvalue weighted by Crippen LogP contribution is 2.27. The first-order chi connectivity index (χ1) is 10.6. The van der Waals surface area contributed by atoms with E-state index in [0.29, 0.717) is 23.2 Å². The standard InChI is InChI=1S/C17H24N4O/c1-12(2)14-5-4-13(3)6-9-21(14)17(22)15-16-19-8-11-20(16)10-7-18-15/h7-8,10-14H,4-6,9H2,1-3H3/t13-,14+/m1/s1. The molecule has 118 valence electrons. The first kappa shape index (κ1) is 15.0. The Morgan fingerprint density at radius 3 is 2.64 bits per heavy atom. The van der Waals surface area contributed by atoms with E-state index in [-0.39, 0.29) is 11.9 Å². The van der Waals surface area contributed by atoms with Gasteiger partial charge < -0.3 is 9.30 Å². The average Bonchev–Trinajstić information content (AvgIpc) is 2.89. The number of carbonyl (C=O) groups excluding carboxylic acids is 1. The fraction of sp³-hybridized carbons (Fsp3) is 0.588. The van der Waals surface area contributed by atoms with Crippen molar-refractivity contribution in [1.82, 2.24) is 19.3 Å². The summed E-state index contributed by atoms with van der Waals surface area (Å²) in [4.78, 5) is 23.7. The summed E-state index contributed by atoms with van der Waals surface area (Å²) in [7, 11) is 0. The first-order valence-corrected chi connectivity index (χ1v) is 8.16. The molecule has 2 atom stereocenters. The Kier molecular flexibility index (Phi) is 4.14. The van der Waals surface area contributed by atoms with Gasteiger partial charge in [0.1, 0.15) is 0 Å². The van der Waals surface area contributed by atoms with Gasteiger partial charge in [-0.05, 0) is 31.1 Å². The van der Waals surface area contributed by atoms with Gasteiger partial charge in [-0.3, -0.25) is 4.79 Å². The van der Waals surface area contributed by atoms with Gasteiger partial charge in [0.2, 0.25) is 0 Å². The van der Waals surface area contributed by atoms with Gasteiger partial charge in [-0.15, -0.1) is 0 Å². The quantitative estimate of drug-likeness (QED) is 0.856. The zero-order valence-electron chi connectivity index (χ0n) is 13.6. The molecule has 5 heteroatoms. The second kappa shape index (κ2) is 6.07. The van der Waals surface area contributed by atoms with Crippen LogP contribution in [-0.4, -0.2) is 37.8 Å².